The van der Waals surface area contributed by atoms with Gasteiger partial charge in [0, 0.05) is 12.1 Å². The molecule has 1 fully saturated rings. The third-order valence-electron chi connectivity index (χ3n) is 3.07. The van der Waals surface area contributed by atoms with Crippen molar-refractivity contribution in [3.05, 3.63) is 29.9 Å². The third kappa shape index (κ3) is 2.50. The fourth-order valence-electron chi connectivity index (χ4n) is 2.02. The maximum absolute atomic E-state index is 13.4. The van der Waals surface area contributed by atoms with Crippen LogP contribution in [0.2, 0.25) is 0 Å². The van der Waals surface area contributed by atoms with Gasteiger partial charge in [-0.3, -0.25) is 0 Å². The van der Waals surface area contributed by atoms with Gasteiger partial charge in [-0.25, -0.2) is 4.39 Å². The molecule has 106 valence electrons. The maximum Gasteiger partial charge on any atom is 0.246 e. The minimum absolute atomic E-state index is 0.104. The number of hydrogen-bond acceptors (Lipinski definition) is 6. The molecular formula is C13H14FN3O3. The minimum atomic E-state index is -0.428. The van der Waals surface area contributed by atoms with Crippen LogP contribution in [0.5, 0.6) is 5.75 Å². The maximum atomic E-state index is 13.4. The molecular weight excluding hydrogens is 265 g/mol. The molecule has 0 bridgehead atoms. The Balaban J connectivity index is 1.85. The van der Waals surface area contributed by atoms with Crippen molar-refractivity contribution in [1.29, 1.82) is 0 Å². The molecule has 2 aromatic rings. The summed E-state index contributed by atoms with van der Waals surface area (Å²) in [5.41, 5.74) is 0.634. The minimum Gasteiger partial charge on any atom is -0.494 e. The summed E-state index contributed by atoms with van der Waals surface area (Å²) in [6, 6.07) is 4.32. The third-order valence-corrected chi connectivity index (χ3v) is 3.07. The quantitative estimate of drug-likeness (QED) is 0.919. The van der Waals surface area contributed by atoms with Crippen LogP contribution in [0.25, 0.3) is 11.4 Å². The van der Waals surface area contributed by atoms with E-state index in [-0.39, 0.29) is 11.8 Å². The zero-order chi connectivity index (χ0) is 13.9. The molecule has 1 aliphatic rings. The Morgan fingerprint density at radius 2 is 2.35 bits per heavy atom. The molecule has 6 nitrogen and oxygen atoms in total. The van der Waals surface area contributed by atoms with Crippen LogP contribution in [0.15, 0.2) is 22.7 Å². The average molecular weight is 279 g/mol. The highest BCUT2D eigenvalue weighted by Crippen LogP contribution is 2.25. The predicted octanol–water partition coefficient (Wildman–Crippen LogP) is 1.55. The SMILES string of the molecule is COc1cc(-c2noc(C3COCCN3)n2)ccc1F. The number of aromatic nitrogens is 2. The summed E-state index contributed by atoms with van der Waals surface area (Å²) in [5.74, 6) is 0.573. The Labute approximate surface area is 114 Å². The number of ether oxygens (including phenoxy) is 2. The summed E-state index contributed by atoms with van der Waals surface area (Å²) in [5, 5.41) is 7.13. The van der Waals surface area contributed by atoms with Gasteiger partial charge in [-0.15, -0.1) is 0 Å². The second-order valence-corrected chi connectivity index (χ2v) is 4.39. The van der Waals surface area contributed by atoms with Crippen LogP contribution >= 0.6 is 0 Å². The van der Waals surface area contributed by atoms with Crippen molar-refractivity contribution in [3.8, 4) is 17.1 Å². The lowest BCUT2D eigenvalue weighted by molar-refractivity contribution is 0.0659. The smallest absolute Gasteiger partial charge is 0.246 e. The summed E-state index contributed by atoms with van der Waals surface area (Å²) in [6.07, 6.45) is 0. The van der Waals surface area contributed by atoms with E-state index < -0.39 is 5.82 Å². The van der Waals surface area contributed by atoms with E-state index in [0.717, 1.165) is 6.54 Å². The average Bonchev–Trinajstić information content (AvgIpc) is 2.98. The van der Waals surface area contributed by atoms with Crippen LogP contribution in [0, 0.1) is 5.82 Å². The number of hydrogen-bond donors (Lipinski definition) is 1. The normalized spacial score (nSPS) is 19.0. The second kappa shape index (κ2) is 5.56. The van der Waals surface area contributed by atoms with Crippen molar-refractivity contribution in [3.63, 3.8) is 0 Å². The molecule has 20 heavy (non-hydrogen) atoms. The summed E-state index contributed by atoms with van der Waals surface area (Å²) < 4.78 is 28.9. The van der Waals surface area contributed by atoms with E-state index in [1.165, 1.54) is 19.2 Å². The van der Waals surface area contributed by atoms with Crippen LogP contribution in [0.3, 0.4) is 0 Å². The van der Waals surface area contributed by atoms with Crippen LogP contribution in [0.4, 0.5) is 4.39 Å². The van der Waals surface area contributed by atoms with Crippen molar-refractivity contribution in [1.82, 2.24) is 15.5 Å². The summed E-state index contributed by atoms with van der Waals surface area (Å²) in [4.78, 5) is 4.31. The predicted molar refractivity (Wildman–Crippen MR) is 67.8 cm³/mol. The molecule has 0 amide bonds. The molecule has 1 saturated heterocycles. The molecule has 1 aromatic heterocycles. The number of rotatable bonds is 3. The van der Waals surface area contributed by atoms with Crippen LogP contribution < -0.4 is 10.1 Å². The summed E-state index contributed by atoms with van der Waals surface area (Å²) in [7, 11) is 1.41. The Bertz CT molecular complexity index is 596. The number of nitrogens with one attached hydrogen (secondary N) is 1. The van der Waals surface area contributed by atoms with E-state index in [0.29, 0.717) is 30.5 Å². The van der Waals surface area contributed by atoms with E-state index in [4.69, 9.17) is 14.0 Å². The van der Waals surface area contributed by atoms with Crippen LogP contribution in [-0.4, -0.2) is 37.0 Å². The zero-order valence-corrected chi connectivity index (χ0v) is 10.9. The van der Waals surface area contributed by atoms with Crippen molar-refractivity contribution in [2.24, 2.45) is 0 Å². The Morgan fingerprint density at radius 1 is 1.45 bits per heavy atom. The van der Waals surface area contributed by atoms with E-state index >= 15 is 0 Å². The number of halogens is 1. The van der Waals surface area contributed by atoms with Crippen LogP contribution in [0.1, 0.15) is 11.9 Å². The van der Waals surface area contributed by atoms with E-state index in [1.54, 1.807) is 6.07 Å². The number of methoxy groups -OCH3 is 1. The molecule has 3 rings (SSSR count). The Hall–Kier alpha value is -1.99. The van der Waals surface area contributed by atoms with Crippen molar-refractivity contribution >= 4 is 0 Å². The van der Waals surface area contributed by atoms with Gasteiger partial charge in [-0.2, -0.15) is 4.98 Å². The summed E-state index contributed by atoms with van der Waals surface area (Å²) in [6.45, 7) is 1.91. The first-order valence-corrected chi connectivity index (χ1v) is 6.26. The van der Waals surface area contributed by atoms with Gasteiger partial charge in [0.15, 0.2) is 11.6 Å². The van der Waals surface area contributed by atoms with Gasteiger partial charge < -0.3 is 19.3 Å². The molecule has 7 heteroatoms. The molecule has 1 aliphatic heterocycles. The molecule has 1 atom stereocenters. The van der Waals surface area contributed by atoms with Gasteiger partial charge in [-0.05, 0) is 18.2 Å². The first-order valence-electron chi connectivity index (χ1n) is 6.26. The molecule has 2 heterocycles. The highest BCUT2D eigenvalue weighted by atomic mass is 19.1. The molecule has 1 unspecified atom stereocenters. The fraction of sp³-hybridized carbons (Fsp3) is 0.385. The Morgan fingerprint density at radius 3 is 3.10 bits per heavy atom. The fourth-order valence-corrected chi connectivity index (χ4v) is 2.02. The lowest BCUT2D eigenvalue weighted by Gasteiger charge is -2.20. The van der Waals surface area contributed by atoms with E-state index in [1.807, 2.05) is 0 Å². The largest absolute Gasteiger partial charge is 0.494 e. The molecule has 0 radical (unpaired) electrons. The van der Waals surface area contributed by atoms with Gasteiger partial charge in [0.05, 0.1) is 20.3 Å². The standard InChI is InChI=1S/C13H14FN3O3/c1-18-11-6-8(2-3-9(11)14)12-16-13(20-17-12)10-7-19-5-4-15-10/h2-3,6,10,15H,4-5,7H2,1H3. The van der Waals surface area contributed by atoms with E-state index in [2.05, 4.69) is 15.5 Å². The van der Waals surface area contributed by atoms with Gasteiger partial charge in [0.25, 0.3) is 0 Å². The van der Waals surface area contributed by atoms with Gasteiger partial charge in [-0.1, -0.05) is 5.16 Å². The lowest BCUT2D eigenvalue weighted by Crippen LogP contribution is -2.34. The highest BCUT2D eigenvalue weighted by molar-refractivity contribution is 5.57. The number of nitrogens with zero attached hydrogens (tertiary/aromatic N) is 2. The van der Waals surface area contributed by atoms with Crippen molar-refractivity contribution in [2.75, 3.05) is 26.9 Å². The van der Waals surface area contributed by atoms with Crippen LogP contribution in [-0.2, 0) is 4.74 Å². The monoisotopic (exact) mass is 279 g/mol. The number of morpholine rings is 1. The second-order valence-electron chi connectivity index (χ2n) is 4.39. The molecule has 0 spiro atoms. The summed E-state index contributed by atoms with van der Waals surface area (Å²) >= 11 is 0. The number of benzene rings is 1. The topological polar surface area (TPSA) is 69.4 Å². The van der Waals surface area contributed by atoms with Crippen molar-refractivity contribution in [2.45, 2.75) is 6.04 Å². The first kappa shape index (κ1) is 13.0. The van der Waals surface area contributed by atoms with Gasteiger partial charge in [0.1, 0.15) is 6.04 Å². The molecule has 0 aliphatic carbocycles. The highest BCUT2D eigenvalue weighted by Gasteiger charge is 2.22. The Kier molecular flexibility index (Phi) is 3.62. The van der Waals surface area contributed by atoms with Crippen molar-refractivity contribution < 1.29 is 18.4 Å². The molecule has 1 N–H and O–H groups in total. The van der Waals surface area contributed by atoms with Gasteiger partial charge in [0.2, 0.25) is 11.7 Å². The first-order chi connectivity index (χ1) is 9.78. The van der Waals surface area contributed by atoms with E-state index in [9.17, 15) is 4.39 Å². The molecule has 1 aromatic carbocycles. The lowest BCUT2D eigenvalue weighted by atomic mass is 10.2. The molecule has 0 saturated carbocycles. The zero-order valence-electron chi connectivity index (χ0n) is 10.9. The van der Waals surface area contributed by atoms with Gasteiger partial charge >= 0.3 is 0 Å².